The van der Waals surface area contributed by atoms with Gasteiger partial charge in [0, 0.05) is 38.6 Å². The van der Waals surface area contributed by atoms with E-state index in [1.807, 2.05) is 13.8 Å². The SMILES string of the molecule is CC(C)C(Oc1ccccc1C#N)C(=O)N1CCN(S(=O)(=O)c2cccnc2)CC1. The zero-order valence-electron chi connectivity index (χ0n) is 16.9. The van der Waals surface area contributed by atoms with Gasteiger partial charge in [0.25, 0.3) is 5.91 Å². The molecule has 8 nitrogen and oxygen atoms in total. The molecule has 30 heavy (non-hydrogen) atoms. The molecule has 1 atom stereocenters. The maximum Gasteiger partial charge on any atom is 0.264 e. The summed E-state index contributed by atoms with van der Waals surface area (Å²) < 4.78 is 32.8. The van der Waals surface area contributed by atoms with E-state index >= 15 is 0 Å². The summed E-state index contributed by atoms with van der Waals surface area (Å²) in [5.41, 5.74) is 0.364. The fourth-order valence-electron chi connectivity index (χ4n) is 3.25. The summed E-state index contributed by atoms with van der Waals surface area (Å²) in [4.78, 5) is 18.7. The molecule has 158 valence electrons. The summed E-state index contributed by atoms with van der Waals surface area (Å²) in [5, 5.41) is 9.26. The molecule has 1 fully saturated rings. The molecule has 0 saturated carbocycles. The monoisotopic (exact) mass is 428 g/mol. The first-order valence-corrected chi connectivity index (χ1v) is 11.1. The molecule has 0 spiro atoms. The van der Waals surface area contributed by atoms with Gasteiger partial charge in [-0.15, -0.1) is 0 Å². The van der Waals surface area contributed by atoms with Crippen LogP contribution in [-0.4, -0.2) is 60.8 Å². The van der Waals surface area contributed by atoms with Gasteiger partial charge in [0.15, 0.2) is 6.10 Å². The van der Waals surface area contributed by atoms with Crippen LogP contribution in [0.5, 0.6) is 5.75 Å². The van der Waals surface area contributed by atoms with Crippen LogP contribution in [-0.2, 0) is 14.8 Å². The maximum absolute atomic E-state index is 13.1. The Bertz CT molecular complexity index is 1030. The number of para-hydroxylation sites is 1. The van der Waals surface area contributed by atoms with Gasteiger partial charge >= 0.3 is 0 Å². The number of ether oxygens (including phenoxy) is 1. The Morgan fingerprint density at radius 2 is 1.83 bits per heavy atom. The van der Waals surface area contributed by atoms with Crippen molar-refractivity contribution in [2.75, 3.05) is 26.2 Å². The van der Waals surface area contributed by atoms with Crippen LogP contribution in [0.4, 0.5) is 0 Å². The minimum atomic E-state index is -3.64. The van der Waals surface area contributed by atoms with Crippen LogP contribution in [0.1, 0.15) is 19.4 Å². The van der Waals surface area contributed by atoms with Crippen molar-refractivity contribution < 1.29 is 17.9 Å². The normalized spacial score (nSPS) is 16.1. The predicted octanol–water partition coefficient (Wildman–Crippen LogP) is 1.89. The second-order valence-electron chi connectivity index (χ2n) is 7.31. The fraction of sp³-hybridized carbons (Fsp3) is 0.381. The summed E-state index contributed by atoms with van der Waals surface area (Å²) >= 11 is 0. The van der Waals surface area contributed by atoms with E-state index in [2.05, 4.69) is 11.1 Å². The van der Waals surface area contributed by atoms with Crippen molar-refractivity contribution in [1.29, 1.82) is 5.26 Å². The summed E-state index contributed by atoms with van der Waals surface area (Å²) in [6.07, 6.45) is 2.08. The first kappa shape index (κ1) is 21.7. The molecule has 1 aliphatic heterocycles. The summed E-state index contributed by atoms with van der Waals surface area (Å²) in [5.74, 6) is 0.0300. The minimum absolute atomic E-state index is 0.124. The summed E-state index contributed by atoms with van der Waals surface area (Å²) in [6.45, 7) is 4.68. The molecule has 3 rings (SSSR count). The maximum atomic E-state index is 13.1. The number of carbonyl (C=O) groups is 1. The molecule has 0 bridgehead atoms. The molecule has 2 aromatic rings. The molecule has 1 unspecified atom stereocenters. The van der Waals surface area contributed by atoms with Gasteiger partial charge in [-0.3, -0.25) is 9.78 Å². The number of benzene rings is 1. The van der Waals surface area contributed by atoms with E-state index in [9.17, 15) is 18.5 Å². The molecule has 0 radical (unpaired) electrons. The number of nitrogens with zero attached hydrogens (tertiary/aromatic N) is 4. The zero-order chi connectivity index (χ0) is 21.7. The molecule has 0 aliphatic carbocycles. The highest BCUT2D eigenvalue weighted by Gasteiger charge is 2.34. The Balaban J connectivity index is 1.69. The molecule has 1 aliphatic rings. The van der Waals surface area contributed by atoms with E-state index in [-0.39, 0.29) is 42.9 Å². The molecule has 1 amide bonds. The van der Waals surface area contributed by atoms with E-state index in [0.717, 1.165) is 0 Å². The van der Waals surface area contributed by atoms with Crippen molar-refractivity contribution in [1.82, 2.24) is 14.2 Å². The largest absolute Gasteiger partial charge is 0.479 e. The summed E-state index contributed by atoms with van der Waals surface area (Å²) in [6, 6.07) is 11.9. The van der Waals surface area contributed by atoms with E-state index in [0.29, 0.717) is 11.3 Å². The lowest BCUT2D eigenvalue weighted by Crippen LogP contribution is -2.54. The van der Waals surface area contributed by atoms with E-state index in [1.165, 1.54) is 22.8 Å². The highest BCUT2D eigenvalue weighted by Crippen LogP contribution is 2.23. The van der Waals surface area contributed by atoms with Crippen LogP contribution >= 0.6 is 0 Å². The van der Waals surface area contributed by atoms with E-state index in [4.69, 9.17) is 4.74 Å². The molecular formula is C21H24N4O4S. The van der Waals surface area contributed by atoms with Gasteiger partial charge in [0.1, 0.15) is 16.7 Å². The van der Waals surface area contributed by atoms with Gasteiger partial charge in [0.2, 0.25) is 10.0 Å². The number of hydrogen-bond donors (Lipinski definition) is 0. The number of amides is 1. The molecule has 9 heteroatoms. The molecule has 1 saturated heterocycles. The predicted molar refractivity (Wildman–Crippen MR) is 110 cm³/mol. The van der Waals surface area contributed by atoms with Gasteiger partial charge in [-0.2, -0.15) is 9.57 Å². The number of aromatic nitrogens is 1. The Morgan fingerprint density at radius 3 is 2.43 bits per heavy atom. The second-order valence-corrected chi connectivity index (χ2v) is 9.25. The lowest BCUT2D eigenvalue weighted by atomic mass is 10.1. The molecular weight excluding hydrogens is 404 g/mol. The third-order valence-electron chi connectivity index (χ3n) is 4.93. The number of sulfonamides is 1. The van der Waals surface area contributed by atoms with Crippen molar-refractivity contribution in [3.8, 4) is 11.8 Å². The van der Waals surface area contributed by atoms with Crippen LogP contribution in [0.2, 0.25) is 0 Å². The van der Waals surface area contributed by atoms with Crippen molar-refractivity contribution in [3.63, 3.8) is 0 Å². The highest BCUT2D eigenvalue weighted by molar-refractivity contribution is 7.89. The first-order chi connectivity index (χ1) is 14.3. The van der Waals surface area contributed by atoms with Gasteiger partial charge in [0.05, 0.1) is 5.56 Å². The molecule has 2 heterocycles. The number of carbonyl (C=O) groups excluding carboxylic acids is 1. The van der Waals surface area contributed by atoms with Crippen molar-refractivity contribution in [3.05, 3.63) is 54.4 Å². The van der Waals surface area contributed by atoms with Crippen LogP contribution in [0, 0.1) is 17.2 Å². The average molecular weight is 429 g/mol. The Labute approximate surface area is 176 Å². The van der Waals surface area contributed by atoms with Crippen LogP contribution in [0.15, 0.2) is 53.7 Å². The number of pyridine rings is 1. The van der Waals surface area contributed by atoms with Crippen LogP contribution < -0.4 is 4.74 Å². The van der Waals surface area contributed by atoms with Crippen molar-refractivity contribution in [2.45, 2.75) is 24.8 Å². The van der Waals surface area contributed by atoms with E-state index < -0.39 is 16.1 Å². The molecule has 0 N–H and O–H groups in total. The van der Waals surface area contributed by atoms with E-state index in [1.54, 1.807) is 35.2 Å². The standard InChI is InChI=1S/C21H24N4O4S/c1-16(2)20(29-19-8-4-3-6-17(19)14-22)21(26)24-10-12-25(13-11-24)30(27,28)18-7-5-9-23-15-18/h3-9,15-16,20H,10-13H2,1-2H3. The van der Waals surface area contributed by atoms with Gasteiger partial charge in [-0.25, -0.2) is 8.42 Å². The topological polar surface area (TPSA) is 104 Å². The Kier molecular flexibility index (Phi) is 6.70. The van der Waals surface area contributed by atoms with Crippen LogP contribution in [0.25, 0.3) is 0 Å². The lowest BCUT2D eigenvalue weighted by molar-refractivity contribution is -0.141. The highest BCUT2D eigenvalue weighted by atomic mass is 32.2. The van der Waals surface area contributed by atoms with Gasteiger partial charge < -0.3 is 9.64 Å². The molecule has 1 aromatic carbocycles. The third-order valence-corrected chi connectivity index (χ3v) is 6.82. The Morgan fingerprint density at radius 1 is 1.13 bits per heavy atom. The first-order valence-electron chi connectivity index (χ1n) is 9.69. The van der Waals surface area contributed by atoms with Crippen molar-refractivity contribution >= 4 is 15.9 Å². The molecule has 1 aromatic heterocycles. The lowest BCUT2D eigenvalue weighted by Gasteiger charge is -2.36. The quantitative estimate of drug-likeness (QED) is 0.696. The zero-order valence-corrected chi connectivity index (χ0v) is 17.7. The Hall–Kier alpha value is -2.96. The second kappa shape index (κ2) is 9.24. The smallest absolute Gasteiger partial charge is 0.264 e. The van der Waals surface area contributed by atoms with Crippen LogP contribution in [0.3, 0.4) is 0 Å². The van der Waals surface area contributed by atoms with Crippen molar-refractivity contribution in [2.24, 2.45) is 5.92 Å². The third kappa shape index (κ3) is 4.61. The number of piperazine rings is 1. The number of nitriles is 1. The van der Waals surface area contributed by atoms with Gasteiger partial charge in [-0.1, -0.05) is 26.0 Å². The summed E-state index contributed by atoms with van der Waals surface area (Å²) in [7, 11) is -3.64. The number of rotatable bonds is 6. The number of hydrogen-bond acceptors (Lipinski definition) is 6. The average Bonchev–Trinajstić information content (AvgIpc) is 2.77. The van der Waals surface area contributed by atoms with Gasteiger partial charge in [-0.05, 0) is 30.2 Å². The fourth-order valence-corrected chi connectivity index (χ4v) is 4.63. The minimum Gasteiger partial charge on any atom is -0.479 e.